The third-order valence-electron chi connectivity index (χ3n) is 4.02. The molecule has 2 rings (SSSR count). The molecule has 1 fully saturated rings. The van der Waals surface area contributed by atoms with Crippen LogP contribution in [-0.2, 0) is 7.05 Å². The molecule has 1 aliphatic heterocycles. The maximum absolute atomic E-state index is 12.6. The molecule has 0 N–H and O–H groups in total. The monoisotopic (exact) mass is 269 g/mol. The number of nitrogens with zero attached hydrogens (tertiary/aromatic N) is 3. The van der Waals surface area contributed by atoms with Crippen LogP contribution in [0.5, 0.6) is 0 Å². The molecule has 0 spiro atoms. The number of aromatic nitrogens is 2. The van der Waals surface area contributed by atoms with Gasteiger partial charge in [0, 0.05) is 31.2 Å². The van der Waals surface area contributed by atoms with Crippen molar-refractivity contribution in [3.63, 3.8) is 0 Å². The Morgan fingerprint density at radius 2 is 2.17 bits per heavy atom. The fourth-order valence-electron chi connectivity index (χ4n) is 2.72. The summed E-state index contributed by atoms with van der Waals surface area (Å²) in [5.74, 6) is 1.06. The topological polar surface area (TPSA) is 38.1 Å². The molecule has 1 aromatic heterocycles. The SMILES string of the molecule is Cc1nn(C)c(C)c1C(=O)N1CCC(C)C1CCl. The first-order valence-corrected chi connectivity index (χ1v) is 6.88. The van der Waals surface area contributed by atoms with Crippen LogP contribution in [0.1, 0.15) is 35.1 Å². The van der Waals surface area contributed by atoms with E-state index in [9.17, 15) is 4.79 Å². The molecule has 2 atom stereocenters. The van der Waals surface area contributed by atoms with Gasteiger partial charge in [0.15, 0.2) is 0 Å². The predicted molar refractivity (Wildman–Crippen MR) is 72.0 cm³/mol. The number of carbonyl (C=O) groups is 1. The number of likely N-dealkylation sites (tertiary alicyclic amines) is 1. The highest BCUT2D eigenvalue weighted by Crippen LogP contribution is 2.27. The molecule has 5 heteroatoms. The van der Waals surface area contributed by atoms with Gasteiger partial charge in [-0.1, -0.05) is 6.92 Å². The van der Waals surface area contributed by atoms with Gasteiger partial charge in [0.2, 0.25) is 0 Å². The molecule has 1 saturated heterocycles. The summed E-state index contributed by atoms with van der Waals surface area (Å²) in [6, 6.07) is 0.151. The first-order valence-electron chi connectivity index (χ1n) is 6.34. The van der Waals surface area contributed by atoms with Crippen molar-refractivity contribution >= 4 is 17.5 Å². The van der Waals surface area contributed by atoms with Crippen LogP contribution in [0.4, 0.5) is 0 Å². The summed E-state index contributed by atoms with van der Waals surface area (Å²) < 4.78 is 1.76. The number of halogens is 1. The Labute approximate surface area is 113 Å². The Kier molecular flexibility index (Phi) is 3.66. The molecule has 0 radical (unpaired) electrons. The Hall–Kier alpha value is -1.03. The number of alkyl halides is 1. The van der Waals surface area contributed by atoms with Gasteiger partial charge in [-0.25, -0.2) is 0 Å². The van der Waals surface area contributed by atoms with Gasteiger partial charge in [0.1, 0.15) is 0 Å². The predicted octanol–water partition coefficient (Wildman–Crippen LogP) is 2.13. The molecule has 2 heterocycles. The minimum atomic E-state index is 0.0769. The summed E-state index contributed by atoms with van der Waals surface area (Å²) in [7, 11) is 1.87. The van der Waals surface area contributed by atoms with Crippen LogP contribution in [-0.4, -0.2) is 39.1 Å². The zero-order valence-electron chi connectivity index (χ0n) is 11.4. The van der Waals surface area contributed by atoms with E-state index in [-0.39, 0.29) is 11.9 Å². The quantitative estimate of drug-likeness (QED) is 0.772. The smallest absolute Gasteiger partial charge is 0.257 e. The second-order valence-corrected chi connectivity index (χ2v) is 5.46. The van der Waals surface area contributed by atoms with E-state index in [4.69, 9.17) is 11.6 Å². The summed E-state index contributed by atoms with van der Waals surface area (Å²) in [4.78, 5) is 14.5. The van der Waals surface area contributed by atoms with Gasteiger partial charge >= 0.3 is 0 Å². The van der Waals surface area contributed by atoms with Crippen LogP contribution in [0.3, 0.4) is 0 Å². The van der Waals surface area contributed by atoms with E-state index < -0.39 is 0 Å². The van der Waals surface area contributed by atoms with E-state index in [0.29, 0.717) is 11.8 Å². The van der Waals surface area contributed by atoms with Gasteiger partial charge in [0.25, 0.3) is 5.91 Å². The number of amides is 1. The zero-order chi connectivity index (χ0) is 13.4. The maximum Gasteiger partial charge on any atom is 0.257 e. The molecule has 0 aromatic carbocycles. The second-order valence-electron chi connectivity index (χ2n) is 5.16. The van der Waals surface area contributed by atoms with Crippen molar-refractivity contribution in [1.82, 2.24) is 14.7 Å². The van der Waals surface area contributed by atoms with Gasteiger partial charge in [0.05, 0.1) is 11.3 Å². The molecule has 1 amide bonds. The lowest BCUT2D eigenvalue weighted by molar-refractivity contribution is 0.0735. The number of rotatable bonds is 2. The third-order valence-corrected chi connectivity index (χ3v) is 4.34. The Bertz CT molecular complexity index is 469. The summed E-state index contributed by atoms with van der Waals surface area (Å²) in [5, 5.41) is 4.31. The van der Waals surface area contributed by atoms with Crippen molar-refractivity contribution < 1.29 is 4.79 Å². The Morgan fingerprint density at radius 3 is 2.67 bits per heavy atom. The van der Waals surface area contributed by atoms with Crippen LogP contribution in [0.25, 0.3) is 0 Å². The van der Waals surface area contributed by atoms with Crippen molar-refractivity contribution in [3.05, 3.63) is 17.0 Å². The first kappa shape index (κ1) is 13.4. The highest BCUT2D eigenvalue weighted by atomic mass is 35.5. The van der Waals surface area contributed by atoms with Gasteiger partial charge < -0.3 is 4.90 Å². The van der Waals surface area contributed by atoms with Crippen LogP contribution in [0.2, 0.25) is 0 Å². The van der Waals surface area contributed by atoms with Crippen LogP contribution < -0.4 is 0 Å². The van der Waals surface area contributed by atoms with Gasteiger partial charge in [-0.3, -0.25) is 9.48 Å². The molecule has 100 valence electrons. The highest BCUT2D eigenvalue weighted by molar-refractivity contribution is 6.18. The maximum atomic E-state index is 12.6. The summed E-state index contributed by atoms with van der Waals surface area (Å²) in [6.07, 6.45) is 1.03. The second kappa shape index (κ2) is 4.92. The van der Waals surface area contributed by atoms with Crippen molar-refractivity contribution in [2.24, 2.45) is 13.0 Å². The zero-order valence-corrected chi connectivity index (χ0v) is 12.2. The van der Waals surface area contributed by atoms with E-state index in [1.165, 1.54) is 0 Å². The Balaban J connectivity index is 2.32. The normalized spacial score (nSPS) is 23.7. The molecular weight excluding hydrogens is 250 g/mol. The van der Waals surface area contributed by atoms with Gasteiger partial charge in [-0.15, -0.1) is 11.6 Å². The molecule has 2 unspecified atom stereocenters. The minimum absolute atomic E-state index is 0.0769. The van der Waals surface area contributed by atoms with E-state index >= 15 is 0 Å². The lowest BCUT2D eigenvalue weighted by Crippen LogP contribution is -2.39. The molecule has 0 aliphatic carbocycles. The van der Waals surface area contributed by atoms with E-state index in [1.54, 1.807) is 4.68 Å². The molecule has 1 aliphatic rings. The average molecular weight is 270 g/mol. The van der Waals surface area contributed by atoms with Gasteiger partial charge in [-0.05, 0) is 26.2 Å². The van der Waals surface area contributed by atoms with Crippen molar-refractivity contribution in [2.45, 2.75) is 33.2 Å². The summed E-state index contributed by atoms with van der Waals surface area (Å²) in [6.45, 7) is 6.77. The largest absolute Gasteiger partial charge is 0.334 e. The standard InChI is InChI=1S/C13H20ClN3O/c1-8-5-6-17(11(8)7-14)13(18)12-9(2)15-16(4)10(12)3/h8,11H,5-7H2,1-4H3. The van der Waals surface area contributed by atoms with Gasteiger partial charge in [-0.2, -0.15) is 5.10 Å². The third kappa shape index (κ3) is 2.03. The molecule has 0 bridgehead atoms. The summed E-state index contributed by atoms with van der Waals surface area (Å²) >= 11 is 6.00. The molecule has 4 nitrogen and oxygen atoms in total. The number of hydrogen-bond donors (Lipinski definition) is 0. The molecule has 0 saturated carbocycles. The van der Waals surface area contributed by atoms with Crippen LogP contribution in [0, 0.1) is 19.8 Å². The average Bonchev–Trinajstić information content (AvgIpc) is 2.80. The molecule has 1 aromatic rings. The van der Waals surface area contributed by atoms with Crippen LogP contribution in [0.15, 0.2) is 0 Å². The number of carbonyl (C=O) groups excluding carboxylic acids is 1. The molecule has 18 heavy (non-hydrogen) atoms. The lowest BCUT2D eigenvalue weighted by atomic mass is 10.0. The van der Waals surface area contributed by atoms with Crippen molar-refractivity contribution in [2.75, 3.05) is 12.4 Å². The minimum Gasteiger partial charge on any atom is -0.334 e. The van der Waals surface area contributed by atoms with Crippen LogP contribution >= 0.6 is 11.6 Å². The summed E-state index contributed by atoms with van der Waals surface area (Å²) in [5.41, 5.74) is 2.46. The Morgan fingerprint density at radius 1 is 1.50 bits per heavy atom. The van der Waals surface area contributed by atoms with E-state index in [2.05, 4.69) is 12.0 Å². The lowest BCUT2D eigenvalue weighted by Gasteiger charge is -2.25. The van der Waals surface area contributed by atoms with E-state index in [0.717, 1.165) is 29.9 Å². The fourth-order valence-corrected chi connectivity index (χ4v) is 3.19. The van der Waals surface area contributed by atoms with E-state index in [1.807, 2.05) is 25.8 Å². The fraction of sp³-hybridized carbons (Fsp3) is 0.692. The van der Waals surface area contributed by atoms with Crippen molar-refractivity contribution in [3.8, 4) is 0 Å². The first-order chi connectivity index (χ1) is 8.47. The highest BCUT2D eigenvalue weighted by Gasteiger charge is 2.35. The molecular formula is C13H20ClN3O. The number of aryl methyl sites for hydroxylation is 2. The van der Waals surface area contributed by atoms with Crippen molar-refractivity contribution in [1.29, 1.82) is 0 Å². The number of hydrogen-bond acceptors (Lipinski definition) is 2.